The molecule has 2 unspecified atom stereocenters. The predicted molar refractivity (Wildman–Crippen MR) is 106 cm³/mol. The minimum atomic E-state index is -0.113. The van der Waals surface area contributed by atoms with E-state index in [1.165, 1.54) is 11.1 Å². The Morgan fingerprint density at radius 2 is 1.71 bits per heavy atom. The number of benzene rings is 1. The van der Waals surface area contributed by atoms with E-state index in [0.29, 0.717) is 19.3 Å². The number of ether oxygens (including phenoxy) is 1. The molecule has 28 heavy (non-hydrogen) atoms. The molecule has 2 atom stereocenters. The summed E-state index contributed by atoms with van der Waals surface area (Å²) in [6.45, 7) is 1.08. The van der Waals surface area contributed by atoms with Crippen molar-refractivity contribution in [3.63, 3.8) is 0 Å². The van der Waals surface area contributed by atoms with E-state index in [1.54, 1.807) is 29.2 Å². The van der Waals surface area contributed by atoms with Gasteiger partial charge in [0.25, 0.3) is 5.56 Å². The lowest BCUT2D eigenvalue weighted by atomic mass is 10.1. The highest BCUT2D eigenvalue weighted by atomic mass is 16.5. The highest BCUT2D eigenvalue weighted by Gasteiger charge is 2.34. The molecule has 0 saturated carbocycles. The van der Waals surface area contributed by atoms with Crippen LogP contribution in [-0.2, 0) is 17.6 Å². The predicted octanol–water partition coefficient (Wildman–Crippen LogP) is 2.00. The minimum absolute atomic E-state index is 0.0669. The largest absolute Gasteiger partial charge is 0.377 e. The summed E-state index contributed by atoms with van der Waals surface area (Å²) >= 11 is 0. The standard InChI is InChI=1S/C22H22N4O2/c27-22-6-5-19(15-7-9-23-10-8-15)25-26(22)21-14-28-13-20(21)24-18-11-16-3-1-2-4-17(16)12-18/h1-10,18,20-21,24H,11-14H2. The molecule has 1 N–H and O–H groups in total. The van der Waals surface area contributed by atoms with Gasteiger partial charge >= 0.3 is 0 Å². The number of nitrogens with one attached hydrogen (secondary N) is 1. The van der Waals surface area contributed by atoms with Crippen molar-refractivity contribution in [3.05, 3.63) is 82.4 Å². The molecule has 3 aromatic rings. The van der Waals surface area contributed by atoms with E-state index in [0.717, 1.165) is 24.1 Å². The van der Waals surface area contributed by atoms with Gasteiger partial charge in [-0.05, 0) is 42.2 Å². The van der Waals surface area contributed by atoms with Crippen LogP contribution in [0.1, 0.15) is 17.2 Å². The topological polar surface area (TPSA) is 69.0 Å². The van der Waals surface area contributed by atoms with Crippen LogP contribution in [0, 0.1) is 0 Å². The second kappa shape index (κ2) is 7.30. The SMILES string of the molecule is O=c1ccc(-c2ccncc2)nn1C1COCC1NC1Cc2ccccc2C1. The maximum Gasteiger partial charge on any atom is 0.267 e. The molecular formula is C22H22N4O2. The molecule has 0 radical (unpaired) electrons. The number of pyridine rings is 1. The van der Waals surface area contributed by atoms with E-state index < -0.39 is 0 Å². The number of rotatable bonds is 4. The molecule has 2 aliphatic rings. The lowest BCUT2D eigenvalue weighted by Gasteiger charge is -2.24. The third kappa shape index (κ3) is 3.25. The van der Waals surface area contributed by atoms with Crippen molar-refractivity contribution in [2.45, 2.75) is 31.0 Å². The summed E-state index contributed by atoms with van der Waals surface area (Å²) in [4.78, 5) is 16.6. The minimum Gasteiger partial charge on any atom is -0.377 e. The lowest BCUT2D eigenvalue weighted by molar-refractivity contribution is 0.180. The summed E-state index contributed by atoms with van der Waals surface area (Å²) in [7, 11) is 0. The molecule has 2 aromatic heterocycles. The van der Waals surface area contributed by atoms with E-state index in [4.69, 9.17) is 4.74 Å². The van der Waals surface area contributed by atoms with Crippen LogP contribution in [0.4, 0.5) is 0 Å². The van der Waals surface area contributed by atoms with E-state index in [-0.39, 0.29) is 17.6 Å². The molecule has 0 bridgehead atoms. The van der Waals surface area contributed by atoms with Crippen LogP contribution in [0.25, 0.3) is 11.3 Å². The van der Waals surface area contributed by atoms with Crippen molar-refractivity contribution in [2.75, 3.05) is 13.2 Å². The first kappa shape index (κ1) is 17.3. The summed E-state index contributed by atoms with van der Waals surface area (Å²) in [5.74, 6) is 0. The van der Waals surface area contributed by atoms with E-state index >= 15 is 0 Å². The van der Waals surface area contributed by atoms with E-state index in [2.05, 4.69) is 39.7 Å². The Balaban J connectivity index is 1.38. The Labute approximate surface area is 163 Å². The quantitative estimate of drug-likeness (QED) is 0.757. The van der Waals surface area contributed by atoms with Crippen LogP contribution >= 0.6 is 0 Å². The van der Waals surface area contributed by atoms with Crippen LogP contribution < -0.4 is 10.9 Å². The molecule has 1 aliphatic carbocycles. The van der Waals surface area contributed by atoms with Crippen LogP contribution in [0.15, 0.2) is 65.7 Å². The Hall–Kier alpha value is -2.83. The highest BCUT2D eigenvalue weighted by molar-refractivity contribution is 5.57. The number of fused-ring (bicyclic) bond motifs is 1. The van der Waals surface area contributed by atoms with Gasteiger partial charge in [-0.15, -0.1) is 0 Å². The van der Waals surface area contributed by atoms with Gasteiger partial charge in [-0.25, -0.2) is 4.68 Å². The number of nitrogens with zero attached hydrogens (tertiary/aromatic N) is 3. The average molecular weight is 374 g/mol. The summed E-state index contributed by atoms with van der Waals surface area (Å²) < 4.78 is 7.33. The molecule has 0 spiro atoms. The second-order valence-electron chi connectivity index (χ2n) is 7.49. The van der Waals surface area contributed by atoms with Crippen molar-refractivity contribution in [1.82, 2.24) is 20.1 Å². The highest BCUT2D eigenvalue weighted by Crippen LogP contribution is 2.25. The van der Waals surface area contributed by atoms with Gasteiger partial charge in [0, 0.05) is 30.1 Å². The summed E-state index contributed by atoms with van der Waals surface area (Å²) in [6.07, 6.45) is 5.48. The van der Waals surface area contributed by atoms with Gasteiger partial charge in [-0.1, -0.05) is 24.3 Å². The Kier molecular flexibility index (Phi) is 4.50. The fourth-order valence-corrected chi connectivity index (χ4v) is 4.26. The zero-order chi connectivity index (χ0) is 18.9. The molecule has 5 rings (SSSR count). The molecule has 1 saturated heterocycles. The number of hydrogen-bond acceptors (Lipinski definition) is 5. The molecule has 1 aromatic carbocycles. The van der Waals surface area contributed by atoms with Crippen LogP contribution in [0.2, 0.25) is 0 Å². The van der Waals surface area contributed by atoms with Gasteiger partial charge in [-0.2, -0.15) is 5.10 Å². The first-order valence-electron chi connectivity index (χ1n) is 9.69. The molecule has 0 amide bonds. The lowest BCUT2D eigenvalue weighted by Crippen LogP contribution is -2.46. The Morgan fingerprint density at radius 1 is 0.964 bits per heavy atom. The molecule has 1 aliphatic heterocycles. The number of aromatic nitrogens is 3. The molecule has 1 fully saturated rings. The van der Waals surface area contributed by atoms with E-state index in [9.17, 15) is 4.79 Å². The van der Waals surface area contributed by atoms with Gasteiger partial charge in [0.1, 0.15) is 0 Å². The average Bonchev–Trinajstić information content (AvgIpc) is 3.35. The van der Waals surface area contributed by atoms with Gasteiger partial charge in [0.2, 0.25) is 0 Å². The van der Waals surface area contributed by atoms with Crippen LogP contribution in [-0.4, -0.2) is 40.1 Å². The van der Waals surface area contributed by atoms with Crippen molar-refractivity contribution < 1.29 is 4.74 Å². The van der Waals surface area contributed by atoms with Gasteiger partial charge in [0.15, 0.2) is 0 Å². The number of hydrogen-bond donors (Lipinski definition) is 1. The van der Waals surface area contributed by atoms with E-state index in [1.807, 2.05) is 12.1 Å². The van der Waals surface area contributed by atoms with Gasteiger partial charge in [-0.3, -0.25) is 9.78 Å². The normalized spacial score (nSPS) is 21.7. The monoisotopic (exact) mass is 374 g/mol. The summed E-state index contributed by atoms with van der Waals surface area (Å²) in [5.41, 5.74) is 4.42. The van der Waals surface area contributed by atoms with Crippen molar-refractivity contribution in [2.24, 2.45) is 0 Å². The molecule has 6 nitrogen and oxygen atoms in total. The van der Waals surface area contributed by atoms with Crippen molar-refractivity contribution in [1.29, 1.82) is 0 Å². The smallest absolute Gasteiger partial charge is 0.267 e. The van der Waals surface area contributed by atoms with Gasteiger partial charge in [0.05, 0.1) is 31.0 Å². The third-order valence-corrected chi connectivity index (χ3v) is 5.67. The first-order chi connectivity index (χ1) is 13.8. The Bertz CT molecular complexity index is 1010. The molecule has 6 heteroatoms. The van der Waals surface area contributed by atoms with Crippen molar-refractivity contribution >= 4 is 0 Å². The fourth-order valence-electron chi connectivity index (χ4n) is 4.26. The zero-order valence-corrected chi connectivity index (χ0v) is 15.5. The molecule has 3 heterocycles. The van der Waals surface area contributed by atoms with Crippen molar-refractivity contribution in [3.8, 4) is 11.3 Å². The molecular weight excluding hydrogens is 352 g/mol. The second-order valence-corrected chi connectivity index (χ2v) is 7.49. The Morgan fingerprint density at radius 3 is 2.46 bits per heavy atom. The summed E-state index contributed by atoms with van der Waals surface area (Å²) in [6, 6.07) is 16.0. The van der Waals surface area contributed by atoms with Gasteiger partial charge < -0.3 is 10.1 Å². The van der Waals surface area contributed by atoms with Crippen LogP contribution in [0.5, 0.6) is 0 Å². The maximum absolute atomic E-state index is 12.6. The maximum atomic E-state index is 12.6. The summed E-state index contributed by atoms with van der Waals surface area (Å²) in [5, 5.41) is 8.37. The van der Waals surface area contributed by atoms with Crippen LogP contribution in [0.3, 0.4) is 0 Å². The zero-order valence-electron chi connectivity index (χ0n) is 15.5. The first-order valence-corrected chi connectivity index (χ1v) is 9.69. The third-order valence-electron chi connectivity index (χ3n) is 5.67. The fraction of sp³-hybridized carbons (Fsp3) is 0.318. The molecule has 142 valence electrons.